The second-order valence-electron chi connectivity index (χ2n) is 4.71. The highest BCUT2D eigenvalue weighted by Gasteiger charge is 2.12. The number of nitrogens with two attached hydrogens (primary N) is 1. The van der Waals surface area contributed by atoms with Gasteiger partial charge in [-0.15, -0.1) is 0 Å². The average molecular weight is 292 g/mol. The van der Waals surface area contributed by atoms with Gasteiger partial charge < -0.3 is 21.3 Å². The van der Waals surface area contributed by atoms with Crippen molar-refractivity contribution in [3.05, 3.63) is 29.8 Å². The lowest BCUT2D eigenvalue weighted by Crippen LogP contribution is -2.38. The van der Waals surface area contributed by atoms with Crippen LogP contribution in [0.15, 0.2) is 24.3 Å². The van der Waals surface area contributed by atoms with E-state index in [2.05, 4.69) is 10.6 Å². The summed E-state index contributed by atoms with van der Waals surface area (Å²) in [6, 6.07) is 6.69. The predicted molar refractivity (Wildman–Crippen MR) is 79.6 cm³/mol. The molecule has 0 aliphatic heterocycles. The molecule has 0 fully saturated rings. The van der Waals surface area contributed by atoms with Gasteiger partial charge in [0.25, 0.3) is 0 Å². The first-order valence-corrected chi connectivity index (χ1v) is 6.52. The lowest BCUT2D eigenvalue weighted by Gasteiger charge is -2.17. The Morgan fingerprint density at radius 1 is 1.19 bits per heavy atom. The van der Waals surface area contributed by atoms with Crippen LogP contribution in [-0.4, -0.2) is 42.9 Å². The van der Waals surface area contributed by atoms with Crippen LogP contribution in [0.4, 0.5) is 10.5 Å². The number of rotatable bonds is 6. The van der Waals surface area contributed by atoms with Gasteiger partial charge >= 0.3 is 6.03 Å². The van der Waals surface area contributed by atoms with Gasteiger partial charge in [-0.2, -0.15) is 0 Å². The SMILES string of the molecule is Cc1ccc(NC(=O)CN(C)C(=O)CCNC(N)=O)cc1. The molecule has 0 spiro atoms. The summed E-state index contributed by atoms with van der Waals surface area (Å²) in [6.07, 6.45) is 0.0945. The van der Waals surface area contributed by atoms with Gasteiger partial charge in [-0.3, -0.25) is 9.59 Å². The van der Waals surface area contributed by atoms with Crippen LogP contribution in [0.1, 0.15) is 12.0 Å². The van der Waals surface area contributed by atoms with E-state index in [0.29, 0.717) is 5.69 Å². The molecule has 0 saturated carbocycles. The van der Waals surface area contributed by atoms with Crippen LogP contribution < -0.4 is 16.4 Å². The molecule has 0 bridgehead atoms. The molecule has 0 saturated heterocycles. The van der Waals surface area contributed by atoms with Crippen molar-refractivity contribution < 1.29 is 14.4 Å². The average Bonchev–Trinajstić information content (AvgIpc) is 2.40. The molecule has 4 N–H and O–H groups in total. The third-order valence-corrected chi connectivity index (χ3v) is 2.78. The molecule has 21 heavy (non-hydrogen) atoms. The van der Waals surface area contributed by atoms with Gasteiger partial charge in [-0.05, 0) is 19.1 Å². The number of nitrogens with zero attached hydrogens (tertiary/aromatic N) is 1. The number of aryl methyl sites for hydroxylation is 1. The smallest absolute Gasteiger partial charge is 0.312 e. The summed E-state index contributed by atoms with van der Waals surface area (Å²) in [5.74, 6) is -0.527. The van der Waals surface area contributed by atoms with Crippen LogP contribution in [0.3, 0.4) is 0 Å². The molecular formula is C14H20N4O3. The number of hydrogen-bond donors (Lipinski definition) is 3. The largest absolute Gasteiger partial charge is 0.352 e. The van der Waals surface area contributed by atoms with Gasteiger partial charge in [0.2, 0.25) is 11.8 Å². The fourth-order valence-corrected chi connectivity index (χ4v) is 1.62. The van der Waals surface area contributed by atoms with Crippen LogP contribution in [0.25, 0.3) is 0 Å². The van der Waals surface area contributed by atoms with E-state index >= 15 is 0 Å². The van der Waals surface area contributed by atoms with Crippen molar-refractivity contribution in [2.45, 2.75) is 13.3 Å². The van der Waals surface area contributed by atoms with Crippen LogP contribution in [0, 0.1) is 6.92 Å². The molecule has 0 unspecified atom stereocenters. The molecule has 4 amide bonds. The Labute approximate surface area is 123 Å². The Balaban J connectivity index is 2.37. The first-order chi connectivity index (χ1) is 9.88. The molecule has 0 aliphatic carbocycles. The summed E-state index contributed by atoms with van der Waals surface area (Å²) >= 11 is 0. The number of anilines is 1. The van der Waals surface area contributed by atoms with E-state index in [1.165, 1.54) is 11.9 Å². The summed E-state index contributed by atoms with van der Waals surface area (Å²) < 4.78 is 0. The Kier molecular flexibility index (Phi) is 6.19. The van der Waals surface area contributed by atoms with Gasteiger partial charge in [-0.1, -0.05) is 17.7 Å². The minimum Gasteiger partial charge on any atom is -0.352 e. The molecular weight excluding hydrogens is 272 g/mol. The molecule has 0 aromatic heterocycles. The van der Waals surface area contributed by atoms with Crippen LogP contribution in [0.5, 0.6) is 0 Å². The van der Waals surface area contributed by atoms with Crippen LogP contribution >= 0.6 is 0 Å². The maximum atomic E-state index is 11.8. The standard InChI is InChI=1S/C14H20N4O3/c1-10-3-5-11(6-4-10)17-12(19)9-18(2)13(20)7-8-16-14(15)21/h3-6H,7-9H2,1-2H3,(H,17,19)(H3,15,16,21). The molecule has 1 rings (SSSR count). The van der Waals surface area contributed by atoms with Crippen molar-refractivity contribution in [2.24, 2.45) is 5.73 Å². The summed E-state index contributed by atoms with van der Waals surface area (Å²) in [4.78, 5) is 35.3. The third kappa shape index (κ3) is 6.42. The van der Waals surface area contributed by atoms with E-state index in [-0.39, 0.29) is 31.3 Å². The Morgan fingerprint density at radius 3 is 2.38 bits per heavy atom. The highest BCUT2D eigenvalue weighted by atomic mass is 16.2. The van der Waals surface area contributed by atoms with Crippen molar-refractivity contribution in [3.8, 4) is 0 Å². The number of carbonyl (C=O) groups excluding carboxylic acids is 3. The zero-order chi connectivity index (χ0) is 15.8. The Bertz CT molecular complexity index is 513. The molecule has 7 nitrogen and oxygen atoms in total. The number of likely N-dealkylation sites (N-methyl/N-ethyl adjacent to an activating group) is 1. The van der Waals surface area contributed by atoms with Gasteiger partial charge in [0.15, 0.2) is 0 Å². The topological polar surface area (TPSA) is 105 Å². The minimum absolute atomic E-state index is 0.0523. The van der Waals surface area contributed by atoms with E-state index in [0.717, 1.165) is 5.56 Å². The highest BCUT2D eigenvalue weighted by molar-refractivity contribution is 5.94. The van der Waals surface area contributed by atoms with E-state index in [1.807, 2.05) is 19.1 Å². The third-order valence-electron chi connectivity index (χ3n) is 2.78. The molecule has 0 radical (unpaired) electrons. The highest BCUT2D eigenvalue weighted by Crippen LogP contribution is 2.08. The monoisotopic (exact) mass is 292 g/mol. The lowest BCUT2D eigenvalue weighted by atomic mass is 10.2. The number of primary amides is 1. The lowest BCUT2D eigenvalue weighted by molar-refractivity contribution is -0.133. The maximum Gasteiger partial charge on any atom is 0.312 e. The normalized spacial score (nSPS) is 9.81. The molecule has 0 atom stereocenters. The first-order valence-electron chi connectivity index (χ1n) is 6.52. The second kappa shape index (κ2) is 7.88. The minimum atomic E-state index is -0.678. The molecule has 7 heteroatoms. The fraction of sp³-hybridized carbons (Fsp3) is 0.357. The van der Waals surface area contributed by atoms with Gasteiger partial charge in [0, 0.05) is 25.7 Å². The van der Waals surface area contributed by atoms with E-state index in [9.17, 15) is 14.4 Å². The summed E-state index contributed by atoms with van der Waals surface area (Å²) in [7, 11) is 1.53. The summed E-state index contributed by atoms with van der Waals surface area (Å²) in [6.45, 7) is 2.06. The molecule has 114 valence electrons. The summed E-state index contributed by atoms with van der Waals surface area (Å²) in [5, 5.41) is 5.03. The number of urea groups is 1. The number of nitrogens with one attached hydrogen (secondary N) is 2. The Hall–Kier alpha value is -2.57. The van der Waals surface area contributed by atoms with E-state index in [4.69, 9.17) is 5.73 Å². The first kappa shape index (κ1) is 16.5. The number of benzene rings is 1. The second-order valence-corrected chi connectivity index (χ2v) is 4.71. The van der Waals surface area contributed by atoms with Crippen LogP contribution in [-0.2, 0) is 9.59 Å². The number of carbonyl (C=O) groups is 3. The quantitative estimate of drug-likeness (QED) is 0.709. The number of hydrogen-bond acceptors (Lipinski definition) is 3. The van der Waals surface area contributed by atoms with Crippen molar-refractivity contribution in [3.63, 3.8) is 0 Å². The predicted octanol–water partition coefficient (Wildman–Crippen LogP) is 0.450. The van der Waals surface area contributed by atoms with Gasteiger partial charge in [-0.25, -0.2) is 4.79 Å². The summed E-state index contributed by atoms with van der Waals surface area (Å²) in [5.41, 5.74) is 6.67. The van der Waals surface area contributed by atoms with E-state index in [1.54, 1.807) is 12.1 Å². The molecule has 0 aliphatic rings. The fourth-order valence-electron chi connectivity index (χ4n) is 1.62. The number of amides is 4. The maximum absolute atomic E-state index is 11.8. The van der Waals surface area contributed by atoms with Crippen molar-refractivity contribution in [1.29, 1.82) is 0 Å². The van der Waals surface area contributed by atoms with Gasteiger partial charge in [0.05, 0.1) is 6.54 Å². The van der Waals surface area contributed by atoms with Crippen LogP contribution in [0.2, 0.25) is 0 Å². The Morgan fingerprint density at radius 2 is 1.81 bits per heavy atom. The van der Waals surface area contributed by atoms with Crippen molar-refractivity contribution in [1.82, 2.24) is 10.2 Å². The molecule has 0 heterocycles. The van der Waals surface area contributed by atoms with Crippen molar-refractivity contribution in [2.75, 3.05) is 25.5 Å². The molecule has 1 aromatic carbocycles. The molecule has 1 aromatic rings. The van der Waals surface area contributed by atoms with Crippen molar-refractivity contribution >= 4 is 23.5 Å². The zero-order valence-electron chi connectivity index (χ0n) is 12.2. The van der Waals surface area contributed by atoms with E-state index < -0.39 is 6.03 Å². The van der Waals surface area contributed by atoms with Gasteiger partial charge in [0.1, 0.15) is 0 Å². The zero-order valence-corrected chi connectivity index (χ0v) is 12.2.